The van der Waals surface area contributed by atoms with Gasteiger partial charge in [-0.2, -0.15) is 0 Å². The van der Waals surface area contributed by atoms with Crippen LogP contribution in [0.1, 0.15) is 32.3 Å². The van der Waals surface area contributed by atoms with E-state index in [1.807, 2.05) is 24.3 Å². The van der Waals surface area contributed by atoms with Crippen molar-refractivity contribution in [3.05, 3.63) is 29.8 Å². The molecule has 1 amide bonds. The zero-order valence-electron chi connectivity index (χ0n) is 11.9. The number of carbonyl (C=O) groups excluding carboxylic acids is 1. The summed E-state index contributed by atoms with van der Waals surface area (Å²) >= 11 is 0. The lowest BCUT2D eigenvalue weighted by molar-refractivity contribution is -0.145. The molecule has 0 saturated carbocycles. The van der Waals surface area contributed by atoms with Crippen LogP contribution >= 0.6 is 0 Å². The van der Waals surface area contributed by atoms with E-state index in [9.17, 15) is 14.7 Å². The quantitative estimate of drug-likeness (QED) is 0.786. The molecule has 108 valence electrons. The Labute approximate surface area is 118 Å². The number of rotatable bonds is 3. The van der Waals surface area contributed by atoms with Crippen LogP contribution in [-0.2, 0) is 9.59 Å². The second kappa shape index (κ2) is 5.15. The summed E-state index contributed by atoms with van der Waals surface area (Å²) in [4.78, 5) is 23.7. The number of hydrogen-bond acceptors (Lipinski definition) is 3. The van der Waals surface area contributed by atoms with Crippen LogP contribution in [0.2, 0.25) is 0 Å². The van der Waals surface area contributed by atoms with Gasteiger partial charge in [-0.15, -0.1) is 0 Å². The lowest BCUT2D eigenvalue weighted by atomic mass is 9.86. The van der Waals surface area contributed by atoms with Crippen molar-refractivity contribution in [3.8, 4) is 0 Å². The van der Waals surface area contributed by atoms with E-state index in [0.717, 1.165) is 11.3 Å². The van der Waals surface area contributed by atoms with Crippen molar-refractivity contribution >= 4 is 17.6 Å². The van der Waals surface area contributed by atoms with Gasteiger partial charge in [-0.25, -0.2) is 4.79 Å². The maximum atomic E-state index is 12.4. The van der Waals surface area contributed by atoms with Gasteiger partial charge < -0.3 is 15.7 Å². The molecule has 5 nitrogen and oxygen atoms in total. The van der Waals surface area contributed by atoms with Crippen molar-refractivity contribution < 1.29 is 14.7 Å². The first-order chi connectivity index (χ1) is 9.30. The van der Waals surface area contributed by atoms with E-state index in [1.165, 1.54) is 0 Å². The Morgan fingerprint density at radius 1 is 1.35 bits per heavy atom. The van der Waals surface area contributed by atoms with Crippen molar-refractivity contribution in [3.63, 3.8) is 0 Å². The van der Waals surface area contributed by atoms with E-state index in [-0.39, 0.29) is 11.8 Å². The minimum Gasteiger partial charge on any atom is -0.480 e. The van der Waals surface area contributed by atoms with E-state index in [0.29, 0.717) is 6.54 Å². The van der Waals surface area contributed by atoms with Crippen LogP contribution in [0.3, 0.4) is 0 Å². The number of nitrogens with one attached hydrogen (secondary N) is 2. The Kier molecular flexibility index (Phi) is 3.70. The van der Waals surface area contributed by atoms with Gasteiger partial charge >= 0.3 is 5.97 Å². The topological polar surface area (TPSA) is 78.4 Å². The zero-order valence-corrected chi connectivity index (χ0v) is 11.9. The van der Waals surface area contributed by atoms with Crippen molar-refractivity contribution in [2.75, 3.05) is 11.9 Å². The van der Waals surface area contributed by atoms with E-state index >= 15 is 0 Å². The first-order valence-corrected chi connectivity index (χ1v) is 6.66. The summed E-state index contributed by atoms with van der Waals surface area (Å²) in [7, 11) is 0. The molecular formula is C15H20N2O3. The molecular weight excluding hydrogens is 256 g/mol. The number of carbonyl (C=O) groups is 2. The van der Waals surface area contributed by atoms with Gasteiger partial charge in [-0.1, -0.05) is 39.0 Å². The molecule has 0 radical (unpaired) electrons. The smallest absolute Gasteiger partial charge is 0.326 e. The molecule has 1 unspecified atom stereocenters. The Balaban J connectivity index is 2.15. The van der Waals surface area contributed by atoms with Crippen molar-refractivity contribution in [2.24, 2.45) is 5.41 Å². The van der Waals surface area contributed by atoms with Crippen LogP contribution in [0.4, 0.5) is 5.69 Å². The SMILES string of the molecule is CC(C)(C)[C@H](NC(=O)C1CNc2ccccc21)C(=O)O. The van der Waals surface area contributed by atoms with Crippen LogP contribution in [0.5, 0.6) is 0 Å². The van der Waals surface area contributed by atoms with Gasteiger partial charge in [0.05, 0.1) is 5.92 Å². The number of anilines is 1. The van der Waals surface area contributed by atoms with Gasteiger partial charge in [0.2, 0.25) is 5.91 Å². The number of para-hydroxylation sites is 1. The number of carboxylic acid groups (broad SMARTS) is 1. The summed E-state index contributed by atoms with van der Waals surface area (Å²) in [6, 6.07) is 6.70. The largest absolute Gasteiger partial charge is 0.480 e. The van der Waals surface area contributed by atoms with Crippen LogP contribution < -0.4 is 10.6 Å². The average Bonchev–Trinajstić information content (AvgIpc) is 2.77. The van der Waals surface area contributed by atoms with Crippen LogP contribution in [-0.4, -0.2) is 29.6 Å². The lowest BCUT2D eigenvalue weighted by Gasteiger charge is -2.28. The monoisotopic (exact) mass is 276 g/mol. The summed E-state index contributed by atoms with van der Waals surface area (Å²) in [5.74, 6) is -1.59. The van der Waals surface area contributed by atoms with Gasteiger partial charge in [0.15, 0.2) is 0 Å². The van der Waals surface area contributed by atoms with Gasteiger partial charge in [0.1, 0.15) is 6.04 Å². The lowest BCUT2D eigenvalue weighted by Crippen LogP contribution is -2.50. The van der Waals surface area contributed by atoms with E-state index in [4.69, 9.17) is 0 Å². The maximum Gasteiger partial charge on any atom is 0.326 e. The Morgan fingerprint density at radius 2 is 2.00 bits per heavy atom. The number of fused-ring (bicyclic) bond motifs is 1. The summed E-state index contributed by atoms with van der Waals surface area (Å²) in [5.41, 5.74) is 1.32. The third-order valence-corrected chi connectivity index (χ3v) is 3.55. The molecule has 0 saturated heterocycles. The molecule has 1 aliphatic rings. The molecule has 20 heavy (non-hydrogen) atoms. The fourth-order valence-corrected chi connectivity index (χ4v) is 2.41. The van der Waals surface area contributed by atoms with Gasteiger partial charge in [-0.3, -0.25) is 4.79 Å². The summed E-state index contributed by atoms with van der Waals surface area (Å²) < 4.78 is 0. The minimum absolute atomic E-state index is 0.246. The van der Waals surface area contributed by atoms with Gasteiger partial charge in [0, 0.05) is 12.2 Å². The van der Waals surface area contributed by atoms with E-state index < -0.39 is 17.4 Å². The Hall–Kier alpha value is -2.04. The molecule has 0 aromatic heterocycles. The molecule has 3 N–H and O–H groups in total. The Bertz CT molecular complexity index is 534. The van der Waals surface area contributed by atoms with Gasteiger partial charge in [0.25, 0.3) is 0 Å². The highest BCUT2D eigenvalue weighted by Gasteiger charge is 2.36. The molecule has 0 fully saturated rings. The van der Waals surface area contributed by atoms with Crippen LogP contribution in [0.25, 0.3) is 0 Å². The molecule has 1 heterocycles. The number of amides is 1. The molecule has 1 aromatic rings. The highest BCUT2D eigenvalue weighted by Crippen LogP contribution is 2.31. The summed E-state index contributed by atoms with van der Waals surface area (Å²) in [5, 5.41) is 15.1. The molecule has 2 rings (SSSR count). The molecule has 0 spiro atoms. The number of benzene rings is 1. The number of aliphatic carboxylic acids is 1. The number of carboxylic acids is 1. The zero-order chi connectivity index (χ0) is 14.9. The van der Waals surface area contributed by atoms with Crippen molar-refractivity contribution in [1.82, 2.24) is 5.32 Å². The highest BCUT2D eigenvalue weighted by atomic mass is 16.4. The molecule has 0 bridgehead atoms. The van der Waals surface area contributed by atoms with Gasteiger partial charge in [-0.05, 0) is 17.0 Å². The third kappa shape index (κ3) is 2.76. The van der Waals surface area contributed by atoms with Crippen molar-refractivity contribution in [1.29, 1.82) is 0 Å². The molecule has 2 atom stereocenters. The fourth-order valence-electron chi connectivity index (χ4n) is 2.41. The first-order valence-electron chi connectivity index (χ1n) is 6.66. The first kappa shape index (κ1) is 14.4. The van der Waals surface area contributed by atoms with E-state index in [2.05, 4.69) is 10.6 Å². The van der Waals surface area contributed by atoms with Crippen molar-refractivity contribution in [2.45, 2.75) is 32.7 Å². The highest BCUT2D eigenvalue weighted by molar-refractivity contribution is 5.91. The molecule has 0 aliphatic carbocycles. The third-order valence-electron chi connectivity index (χ3n) is 3.55. The summed E-state index contributed by atoms with van der Waals surface area (Å²) in [6.07, 6.45) is 0. The van der Waals surface area contributed by atoms with E-state index in [1.54, 1.807) is 20.8 Å². The maximum absolute atomic E-state index is 12.4. The second-order valence-electron chi connectivity index (χ2n) is 6.17. The Morgan fingerprint density at radius 3 is 2.60 bits per heavy atom. The standard InChI is InChI=1S/C15H20N2O3/c1-15(2,3)12(14(19)20)17-13(18)10-8-16-11-7-5-4-6-9(10)11/h4-7,10,12,16H,8H2,1-3H3,(H,17,18)(H,19,20)/t10?,12-/m1/s1. The minimum atomic E-state index is -1.01. The predicted molar refractivity (Wildman–Crippen MR) is 76.7 cm³/mol. The summed E-state index contributed by atoms with van der Waals surface area (Å²) in [6.45, 7) is 5.90. The van der Waals surface area contributed by atoms with Crippen LogP contribution in [0.15, 0.2) is 24.3 Å². The number of hydrogen-bond donors (Lipinski definition) is 3. The molecule has 5 heteroatoms. The average molecular weight is 276 g/mol. The van der Waals surface area contributed by atoms with Crippen LogP contribution in [0, 0.1) is 5.41 Å². The molecule has 1 aromatic carbocycles. The second-order valence-corrected chi connectivity index (χ2v) is 6.17. The fraction of sp³-hybridized carbons (Fsp3) is 0.467. The normalized spacial score (nSPS) is 18.9. The predicted octanol–water partition coefficient (Wildman–Crippen LogP) is 1.81. The molecule has 1 aliphatic heterocycles.